The second kappa shape index (κ2) is 12.0. The first-order chi connectivity index (χ1) is 25.3. The molecule has 2 heterocycles. The Morgan fingerprint density at radius 2 is 1.00 bits per heavy atom. The molecular weight excluding hydrogens is 623 g/mol. The minimum Gasteiger partial charge on any atom is -0.455 e. The Balaban J connectivity index is 1.19. The van der Waals surface area contributed by atoms with E-state index in [1.54, 1.807) is 0 Å². The van der Waals surface area contributed by atoms with Crippen molar-refractivity contribution in [2.45, 2.75) is 12.8 Å². The Bertz CT molecular complexity index is 2850. The van der Waals surface area contributed by atoms with Crippen molar-refractivity contribution in [3.63, 3.8) is 0 Å². The molecule has 0 amide bonds. The van der Waals surface area contributed by atoms with E-state index in [4.69, 9.17) is 19.4 Å². The highest BCUT2D eigenvalue weighted by Crippen LogP contribution is 2.40. The second-order valence-corrected chi connectivity index (χ2v) is 13.1. The molecule has 0 aliphatic heterocycles. The molecule has 240 valence electrons. The molecule has 0 unspecified atom stereocenters. The highest BCUT2D eigenvalue weighted by molar-refractivity contribution is 6.14. The molecular formula is C47H31N3O. The summed E-state index contributed by atoms with van der Waals surface area (Å²) in [6, 6.07) is 57.2. The van der Waals surface area contributed by atoms with E-state index < -0.39 is 0 Å². The molecule has 7 aromatic carbocycles. The lowest BCUT2D eigenvalue weighted by molar-refractivity contribution is 0.670. The summed E-state index contributed by atoms with van der Waals surface area (Å²) in [4.78, 5) is 15.1. The molecule has 1 aliphatic carbocycles. The monoisotopic (exact) mass is 653 g/mol. The number of hydrogen-bond donors (Lipinski definition) is 0. The molecule has 2 aromatic heterocycles. The maximum Gasteiger partial charge on any atom is 0.164 e. The molecule has 0 radical (unpaired) electrons. The van der Waals surface area contributed by atoms with Crippen molar-refractivity contribution in [3.8, 4) is 33.9 Å². The molecule has 0 atom stereocenters. The normalized spacial score (nSPS) is 12.9. The maximum atomic E-state index is 6.72. The van der Waals surface area contributed by atoms with E-state index in [1.807, 2.05) is 36.4 Å². The Morgan fingerprint density at radius 3 is 1.75 bits per heavy atom. The predicted molar refractivity (Wildman–Crippen MR) is 207 cm³/mol. The average Bonchev–Trinajstić information content (AvgIpc) is 3.60. The summed E-state index contributed by atoms with van der Waals surface area (Å²) in [6.07, 6.45) is 1.64. The van der Waals surface area contributed by atoms with Gasteiger partial charge in [0, 0.05) is 33.0 Å². The smallest absolute Gasteiger partial charge is 0.164 e. The van der Waals surface area contributed by atoms with Crippen LogP contribution in [0, 0.1) is 0 Å². The van der Waals surface area contributed by atoms with E-state index >= 15 is 0 Å². The summed E-state index contributed by atoms with van der Waals surface area (Å²) < 4.78 is 6.72. The molecule has 0 bridgehead atoms. The quantitative estimate of drug-likeness (QED) is 0.186. The van der Waals surface area contributed by atoms with Crippen molar-refractivity contribution in [1.82, 2.24) is 15.0 Å². The van der Waals surface area contributed by atoms with Gasteiger partial charge in [-0.1, -0.05) is 152 Å². The summed E-state index contributed by atoms with van der Waals surface area (Å²) in [6.45, 7) is 0. The van der Waals surface area contributed by atoms with Gasteiger partial charge in [-0.15, -0.1) is 0 Å². The van der Waals surface area contributed by atoms with E-state index in [-0.39, 0.29) is 0 Å². The van der Waals surface area contributed by atoms with Gasteiger partial charge in [0.25, 0.3) is 0 Å². The Labute approximate surface area is 294 Å². The third-order valence-corrected chi connectivity index (χ3v) is 10.1. The number of hydrogen-bond acceptors (Lipinski definition) is 4. The van der Waals surface area contributed by atoms with E-state index in [9.17, 15) is 0 Å². The fourth-order valence-electron chi connectivity index (χ4n) is 7.67. The third-order valence-electron chi connectivity index (χ3n) is 10.1. The number of benzene rings is 7. The van der Waals surface area contributed by atoms with Crippen molar-refractivity contribution >= 4 is 43.9 Å². The van der Waals surface area contributed by atoms with Crippen LogP contribution in [0.15, 0.2) is 168 Å². The van der Waals surface area contributed by atoms with E-state index in [2.05, 4.69) is 127 Å². The SMILES string of the molecule is c1ccc(-c2nc(C3=c4ccccc4=C(c4cccc5oc6c(-c7ccc8ccccc8c7)cccc6c45)CC3)nc(-c3ccccc3)n2)cc1. The van der Waals surface area contributed by atoms with Crippen LogP contribution in [0.3, 0.4) is 0 Å². The number of nitrogens with zero attached hydrogens (tertiary/aromatic N) is 3. The minimum atomic E-state index is 0.677. The van der Waals surface area contributed by atoms with Crippen molar-refractivity contribution < 1.29 is 4.42 Å². The lowest BCUT2D eigenvalue weighted by Crippen LogP contribution is -2.33. The van der Waals surface area contributed by atoms with Gasteiger partial charge < -0.3 is 4.42 Å². The summed E-state index contributed by atoms with van der Waals surface area (Å²) in [5.74, 6) is 2.08. The van der Waals surface area contributed by atoms with E-state index in [1.165, 1.54) is 27.1 Å². The Hall–Kier alpha value is -6.65. The first-order valence-electron chi connectivity index (χ1n) is 17.4. The van der Waals surface area contributed by atoms with E-state index in [0.29, 0.717) is 11.6 Å². The number of fused-ring (bicyclic) bond motifs is 5. The van der Waals surface area contributed by atoms with Crippen molar-refractivity contribution in [2.75, 3.05) is 0 Å². The van der Waals surface area contributed by atoms with Gasteiger partial charge in [-0.05, 0) is 62.9 Å². The Morgan fingerprint density at radius 1 is 0.412 bits per heavy atom. The van der Waals surface area contributed by atoms with Gasteiger partial charge in [0.2, 0.25) is 0 Å². The van der Waals surface area contributed by atoms with Crippen LogP contribution in [0.1, 0.15) is 24.2 Å². The molecule has 4 nitrogen and oxygen atoms in total. The second-order valence-electron chi connectivity index (χ2n) is 13.1. The molecule has 1 aliphatic rings. The highest BCUT2D eigenvalue weighted by Gasteiger charge is 2.22. The number of aromatic nitrogens is 3. The largest absolute Gasteiger partial charge is 0.455 e. The van der Waals surface area contributed by atoms with Crippen LogP contribution >= 0.6 is 0 Å². The summed E-state index contributed by atoms with van der Waals surface area (Å²) in [7, 11) is 0. The number of para-hydroxylation sites is 1. The third kappa shape index (κ3) is 5.03. The van der Waals surface area contributed by atoms with Crippen LogP contribution < -0.4 is 10.4 Å². The minimum absolute atomic E-state index is 0.677. The standard InChI is InChI=1S/C47H31N3O/c1-3-14-31(15-4-1)45-48-46(32-16-5-2-6-17-32)50-47(49-45)40-28-27-38(36-19-9-10-20-37(36)40)39-22-12-24-42-43(39)41-23-11-21-35(44(41)51-42)34-26-25-30-13-7-8-18-33(30)29-34/h1-26,29H,27-28H2. The van der Waals surface area contributed by atoms with Gasteiger partial charge in [0.15, 0.2) is 17.5 Å². The molecule has 4 heteroatoms. The molecule has 0 N–H and O–H groups in total. The highest BCUT2D eigenvalue weighted by atomic mass is 16.3. The fraction of sp³-hybridized carbons (Fsp3) is 0.0426. The molecule has 0 saturated carbocycles. The van der Waals surface area contributed by atoms with Gasteiger partial charge >= 0.3 is 0 Å². The molecule has 51 heavy (non-hydrogen) atoms. The van der Waals surface area contributed by atoms with Gasteiger partial charge in [-0.25, -0.2) is 15.0 Å². The predicted octanol–water partition coefficient (Wildman–Crippen LogP) is 10.1. The van der Waals surface area contributed by atoms with Gasteiger partial charge in [-0.2, -0.15) is 0 Å². The molecule has 0 spiro atoms. The zero-order valence-corrected chi connectivity index (χ0v) is 27.8. The van der Waals surface area contributed by atoms with Crippen LogP contribution in [0.2, 0.25) is 0 Å². The van der Waals surface area contributed by atoms with Crippen LogP contribution in [-0.2, 0) is 0 Å². The van der Waals surface area contributed by atoms with Gasteiger partial charge in [-0.3, -0.25) is 0 Å². The first kappa shape index (κ1) is 29.3. The van der Waals surface area contributed by atoms with E-state index in [0.717, 1.165) is 73.7 Å². The topological polar surface area (TPSA) is 51.8 Å². The van der Waals surface area contributed by atoms with Gasteiger partial charge in [0.05, 0.1) is 0 Å². The fourth-order valence-corrected chi connectivity index (χ4v) is 7.67. The van der Waals surface area contributed by atoms with Crippen LogP contribution in [0.5, 0.6) is 0 Å². The molecule has 0 fully saturated rings. The first-order valence-corrected chi connectivity index (χ1v) is 17.4. The van der Waals surface area contributed by atoms with Crippen LogP contribution in [0.25, 0.3) is 77.8 Å². The summed E-state index contributed by atoms with van der Waals surface area (Å²) >= 11 is 0. The number of rotatable bonds is 5. The Kier molecular flexibility index (Phi) is 6.91. The molecule has 10 rings (SSSR count). The van der Waals surface area contributed by atoms with Crippen molar-refractivity contribution in [1.29, 1.82) is 0 Å². The summed E-state index contributed by atoms with van der Waals surface area (Å²) in [5.41, 5.74) is 9.65. The van der Waals surface area contributed by atoms with Crippen LogP contribution in [-0.4, -0.2) is 15.0 Å². The molecule has 9 aromatic rings. The summed E-state index contributed by atoms with van der Waals surface area (Å²) in [5, 5.41) is 7.09. The van der Waals surface area contributed by atoms with Crippen molar-refractivity contribution in [2.24, 2.45) is 0 Å². The lowest BCUT2D eigenvalue weighted by atomic mass is 9.87. The zero-order valence-electron chi connectivity index (χ0n) is 27.8. The molecule has 0 saturated heterocycles. The van der Waals surface area contributed by atoms with Crippen LogP contribution in [0.4, 0.5) is 0 Å². The number of furan rings is 1. The lowest BCUT2D eigenvalue weighted by Gasteiger charge is -2.18. The maximum absolute atomic E-state index is 6.72. The zero-order chi connectivity index (χ0) is 33.7. The van der Waals surface area contributed by atoms with Gasteiger partial charge in [0.1, 0.15) is 11.2 Å². The van der Waals surface area contributed by atoms with Crippen molar-refractivity contribution in [3.05, 3.63) is 186 Å². The average molecular weight is 654 g/mol.